The molecule has 2 saturated heterocycles. The van der Waals surface area contributed by atoms with Gasteiger partial charge in [-0.15, -0.1) is 0 Å². The first kappa shape index (κ1) is 22.8. The van der Waals surface area contributed by atoms with Crippen molar-refractivity contribution in [2.75, 3.05) is 56.7 Å². The van der Waals surface area contributed by atoms with Crippen LogP contribution in [0.5, 0.6) is 0 Å². The van der Waals surface area contributed by atoms with Crippen molar-refractivity contribution < 1.29 is 9.53 Å². The van der Waals surface area contributed by atoms with Gasteiger partial charge in [-0.1, -0.05) is 11.6 Å². The van der Waals surface area contributed by atoms with Crippen LogP contribution >= 0.6 is 11.6 Å². The molecule has 2 aromatic carbocycles. The second-order valence-corrected chi connectivity index (χ2v) is 9.13. The number of amides is 1. The number of hydrogen-bond donors (Lipinski definition) is 2. The summed E-state index contributed by atoms with van der Waals surface area (Å²) in [5, 5.41) is 8.15. The summed E-state index contributed by atoms with van der Waals surface area (Å²) in [6.07, 6.45) is 3.95. The predicted octanol–water partition coefficient (Wildman–Crippen LogP) is 3.69. The average Bonchev–Trinajstić information content (AvgIpc) is 2.89. The maximum Gasteiger partial charge on any atom is 0.254 e. The van der Waals surface area contributed by atoms with Crippen molar-refractivity contribution in [2.24, 2.45) is 0 Å². The van der Waals surface area contributed by atoms with E-state index in [2.05, 4.69) is 27.6 Å². The molecule has 0 bridgehead atoms. The summed E-state index contributed by atoms with van der Waals surface area (Å²) in [7, 11) is 2.12. The third-order valence-electron chi connectivity index (χ3n) is 6.60. The molecule has 2 N–H and O–H groups in total. The summed E-state index contributed by atoms with van der Waals surface area (Å²) in [4.78, 5) is 26.1. The number of anilines is 3. The molecule has 2 fully saturated rings. The lowest BCUT2D eigenvalue weighted by molar-refractivity contribution is 0.0303. The summed E-state index contributed by atoms with van der Waals surface area (Å²) in [5.74, 6) is 0.513. The Morgan fingerprint density at radius 1 is 1.15 bits per heavy atom. The zero-order valence-electron chi connectivity index (χ0n) is 19.3. The summed E-state index contributed by atoms with van der Waals surface area (Å²) < 4.78 is 5.33. The third-order valence-corrected chi connectivity index (χ3v) is 6.93. The van der Waals surface area contributed by atoms with E-state index in [1.807, 2.05) is 41.3 Å². The summed E-state index contributed by atoms with van der Waals surface area (Å²) in [5.41, 5.74) is 3.34. The Kier molecular flexibility index (Phi) is 6.80. The average molecular weight is 481 g/mol. The van der Waals surface area contributed by atoms with Crippen LogP contribution in [0.3, 0.4) is 0 Å². The molecule has 2 aliphatic rings. The van der Waals surface area contributed by atoms with Crippen LogP contribution in [0.2, 0.25) is 5.02 Å². The van der Waals surface area contributed by atoms with E-state index in [0.29, 0.717) is 48.9 Å². The Labute approximate surface area is 204 Å². The fourth-order valence-electron chi connectivity index (χ4n) is 4.58. The van der Waals surface area contributed by atoms with Crippen LogP contribution < -0.4 is 15.5 Å². The highest BCUT2D eigenvalue weighted by Gasteiger charge is 2.21. The number of ether oxygens (including phenoxy) is 1. The molecule has 3 heterocycles. The molecule has 2 aliphatic heterocycles. The van der Waals surface area contributed by atoms with Gasteiger partial charge in [0.2, 0.25) is 5.95 Å². The minimum Gasteiger partial charge on any atom is -0.378 e. The van der Waals surface area contributed by atoms with E-state index in [1.165, 1.54) is 0 Å². The predicted molar refractivity (Wildman–Crippen MR) is 135 cm³/mol. The molecule has 9 heteroatoms. The number of piperidine rings is 1. The lowest BCUT2D eigenvalue weighted by atomic mass is 10.0. The Balaban J connectivity index is 1.37. The van der Waals surface area contributed by atoms with Crippen molar-refractivity contribution in [3.8, 4) is 0 Å². The standard InChI is InChI=1S/C25H29ClN6O2/c1-31(19-8-10-27-11-9-19)22-7-6-21(26)20-16-28-25(30-23(20)22)29-18-4-2-17(3-5-18)24(33)32-12-14-34-15-13-32/h2-7,16,19,27H,8-15H2,1H3,(H,28,29,30). The summed E-state index contributed by atoms with van der Waals surface area (Å²) in [6, 6.07) is 11.8. The van der Waals surface area contributed by atoms with Crippen LogP contribution in [0.4, 0.5) is 17.3 Å². The fraction of sp³-hybridized carbons (Fsp3) is 0.400. The first-order chi connectivity index (χ1) is 16.6. The number of hydrogen-bond acceptors (Lipinski definition) is 7. The fourth-order valence-corrected chi connectivity index (χ4v) is 4.78. The molecular formula is C25H29ClN6O2. The van der Waals surface area contributed by atoms with E-state index >= 15 is 0 Å². The molecule has 3 aromatic rings. The minimum atomic E-state index is 0.0250. The number of nitrogens with zero attached hydrogens (tertiary/aromatic N) is 4. The highest BCUT2D eigenvalue weighted by molar-refractivity contribution is 6.35. The van der Waals surface area contributed by atoms with Crippen LogP contribution in [-0.4, -0.2) is 73.3 Å². The van der Waals surface area contributed by atoms with Crippen LogP contribution in [0.1, 0.15) is 23.2 Å². The zero-order valence-corrected chi connectivity index (χ0v) is 20.0. The topological polar surface area (TPSA) is 82.6 Å². The Morgan fingerprint density at radius 2 is 1.88 bits per heavy atom. The van der Waals surface area contributed by atoms with Gasteiger partial charge in [0.1, 0.15) is 5.52 Å². The lowest BCUT2D eigenvalue weighted by Crippen LogP contribution is -2.41. The van der Waals surface area contributed by atoms with Crippen molar-refractivity contribution in [1.82, 2.24) is 20.2 Å². The van der Waals surface area contributed by atoms with Gasteiger partial charge in [0.15, 0.2) is 0 Å². The van der Waals surface area contributed by atoms with E-state index in [1.54, 1.807) is 6.20 Å². The molecule has 0 aliphatic carbocycles. The monoisotopic (exact) mass is 480 g/mol. The maximum atomic E-state index is 12.7. The number of carbonyl (C=O) groups is 1. The number of morpholine rings is 1. The van der Waals surface area contributed by atoms with Gasteiger partial charge in [-0.05, 0) is 62.3 Å². The molecule has 0 spiro atoms. The van der Waals surface area contributed by atoms with Crippen molar-refractivity contribution in [3.05, 3.63) is 53.2 Å². The molecule has 5 rings (SSSR count). The normalized spacial score (nSPS) is 17.1. The molecule has 0 radical (unpaired) electrons. The third kappa shape index (κ3) is 4.80. The van der Waals surface area contributed by atoms with Gasteiger partial charge in [0, 0.05) is 49.0 Å². The van der Waals surface area contributed by atoms with Gasteiger partial charge in [-0.3, -0.25) is 4.79 Å². The molecule has 0 unspecified atom stereocenters. The van der Waals surface area contributed by atoms with Crippen molar-refractivity contribution in [2.45, 2.75) is 18.9 Å². The minimum absolute atomic E-state index is 0.0250. The van der Waals surface area contributed by atoms with Crippen LogP contribution in [0, 0.1) is 0 Å². The van der Waals surface area contributed by atoms with E-state index < -0.39 is 0 Å². The maximum absolute atomic E-state index is 12.7. The van der Waals surface area contributed by atoms with Crippen LogP contribution in [-0.2, 0) is 4.74 Å². The quantitative estimate of drug-likeness (QED) is 0.576. The van der Waals surface area contributed by atoms with Crippen LogP contribution in [0.25, 0.3) is 10.9 Å². The second-order valence-electron chi connectivity index (χ2n) is 8.72. The SMILES string of the molecule is CN(c1ccc(Cl)c2cnc(Nc3ccc(C(=O)N4CCOCC4)cc3)nc12)C1CCNCC1. The van der Waals surface area contributed by atoms with E-state index in [4.69, 9.17) is 21.3 Å². The van der Waals surface area contributed by atoms with E-state index in [9.17, 15) is 4.79 Å². The molecule has 1 amide bonds. The summed E-state index contributed by atoms with van der Waals surface area (Å²) in [6.45, 7) is 4.46. The highest BCUT2D eigenvalue weighted by Crippen LogP contribution is 2.33. The van der Waals surface area contributed by atoms with Gasteiger partial charge in [-0.25, -0.2) is 9.97 Å². The Morgan fingerprint density at radius 3 is 2.62 bits per heavy atom. The molecule has 0 atom stereocenters. The van der Waals surface area contributed by atoms with E-state index in [0.717, 1.165) is 48.2 Å². The summed E-state index contributed by atoms with van der Waals surface area (Å²) >= 11 is 6.47. The molecule has 34 heavy (non-hydrogen) atoms. The Bertz CT molecular complexity index is 1160. The van der Waals surface area contributed by atoms with Crippen molar-refractivity contribution in [1.29, 1.82) is 0 Å². The first-order valence-electron chi connectivity index (χ1n) is 11.7. The van der Waals surface area contributed by atoms with Gasteiger partial charge in [0.05, 0.1) is 23.9 Å². The van der Waals surface area contributed by atoms with Crippen molar-refractivity contribution >= 4 is 45.7 Å². The number of fused-ring (bicyclic) bond motifs is 1. The van der Waals surface area contributed by atoms with Gasteiger partial charge < -0.3 is 25.2 Å². The molecule has 1 aromatic heterocycles. The number of benzene rings is 2. The van der Waals surface area contributed by atoms with Gasteiger partial charge >= 0.3 is 0 Å². The smallest absolute Gasteiger partial charge is 0.254 e. The number of carbonyl (C=O) groups excluding carboxylic acids is 1. The number of rotatable bonds is 5. The van der Waals surface area contributed by atoms with Gasteiger partial charge in [-0.2, -0.15) is 0 Å². The Hall–Kier alpha value is -2.94. The van der Waals surface area contributed by atoms with Gasteiger partial charge in [0.25, 0.3) is 5.91 Å². The molecule has 0 saturated carbocycles. The number of halogens is 1. The number of nitrogens with one attached hydrogen (secondary N) is 2. The molecule has 178 valence electrons. The lowest BCUT2D eigenvalue weighted by Gasteiger charge is -2.33. The number of aromatic nitrogens is 2. The first-order valence-corrected chi connectivity index (χ1v) is 12.1. The van der Waals surface area contributed by atoms with Crippen LogP contribution in [0.15, 0.2) is 42.6 Å². The highest BCUT2D eigenvalue weighted by atomic mass is 35.5. The van der Waals surface area contributed by atoms with E-state index in [-0.39, 0.29) is 5.91 Å². The molecular weight excluding hydrogens is 452 g/mol. The van der Waals surface area contributed by atoms with Crippen molar-refractivity contribution in [3.63, 3.8) is 0 Å². The second kappa shape index (κ2) is 10.1. The zero-order chi connectivity index (χ0) is 23.5. The molecule has 8 nitrogen and oxygen atoms in total. The largest absolute Gasteiger partial charge is 0.378 e.